The molecule has 1 atom stereocenters. The van der Waals surface area contributed by atoms with E-state index in [1.54, 1.807) is 11.8 Å². The highest BCUT2D eigenvalue weighted by Crippen LogP contribution is 2.38. The molecule has 0 bridgehead atoms. The first-order chi connectivity index (χ1) is 14.0. The van der Waals surface area contributed by atoms with E-state index in [4.69, 9.17) is 26.8 Å². The summed E-state index contributed by atoms with van der Waals surface area (Å²) in [7, 11) is 0. The van der Waals surface area contributed by atoms with Crippen molar-refractivity contribution < 1.29 is 4.57 Å². The van der Waals surface area contributed by atoms with Crippen LogP contribution in [-0.4, -0.2) is 25.0 Å². The molecule has 1 unspecified atom stereocenters. The first-order valence-electron chi connectivity index (χ1n) is 9.40. The van der Waals surface area contributed by atoms with Crippen LogP contribution in [0.15, 0.2) is 58.6 Å². The van der Waals surface area contributed by atoms with E-state index in [1.165, 1.54) is 5.56 Å². The monoisotopic (exact) mass is 423 g/mol. The maximum atomic E-state index is 6.05. The fourth-order valence-electron chi connectivity index (χ4n) is 3.59. The Morgan fingerprint density at radius 3 is 2.48 bits per heavy atom. The van der Waals surface area contributed by atoms with E-state index in [-0.39, 0.29) is 6.17 Å². The minimum atomic E-state index is -0.159. The van der Waals surface area contributed by atoms with Crippen LogP contribution in [0, 0.1) is 13.8 Å². The molecule has 0 saturated carbocycles. The molecular weight excluding hydrogens is 404 g/mol. The molecular formula is C21H20ClN6S+. The molecule has 0 spiro atoms. The quantitative estimate of drug-likeness (QED) is 0.586. The number of hydrogen-bond donors (Lipinski definition) is 0. The molecule has 5 rings (SSSR count). The Labute approximate surface area is 178 Å². The van der Waals surface area contributed by atoms with Crippen LogP contribution in [0.25, 0.3) is 0 Å². The summed E-state index contributed by atoms with van der Waals surface area (Å²) in [6, 6.07) is 16.4. The summed E-state index contributed by atoms with van der Waals surface area (Å²) in [5.41, 5.74) is 3.51. The van der Waals surface area contributed by atoms with Gasteiger partial charge in [0.15, 0.2) is 0 Å². The Kier molecular flexibility index (Phi) is 4.44. The molecule has 8 heteroatoms. The van der Waals surface area contributed by atoms with Crippen molar-refractivity contribution in [3.63, 3.8) is 0 Å². The summed E-state index contributed by atoms with van der Waals surface area (Å²) in [6.45, 7) is 6.79. The standard InChI is InChI=1S/C21H20ClN6S/c1-13-4-8-17(9-5-13)19-27-20(23-21-28(19)25-15(3)29-21)26(14(2)24-27)12-16-6-10-18(22)11-7-16/h4-11,19H,12H2,1-3H3/q+1. The van der Waals surface area contributed by atoms with E-state index < -0.39 is 0 Å². The lowest BCUT2D eigenvalue weighted by molar-refractivity contribution is -0.682. The number of aromatic nitrogens is 3. The molecule has 0 fully saturated rings. The third kappa shape index (κ3) is 3.24. The molecule has 0 amide bonds. The number of rotatable bonds is 3. The number of aryl methyl sites for hydroxylation is 2. The second-order valence-electron chi connectivity index (χ2n) is 7.25. The van der Waals surface area contributed by atoms with Crippen LogP contribution in [0.5, 0.6) is 0 Å². The summed E-state index contributed by atoms with van der Waals surface area (Å²) in [5.74, 6) is 1.73. The lowest BCUT2D eigenvalue weighted by atomic mass is 10.1. The molecule has 0 saturated heterocycles. The van der Waals surface area contributed by atoms with Crippen molar-refractivity contribution in [1.82, 2.24) is 14.8 Å². The zero-order valence-electron chi connectivity index (χ0n) is 16.4. The molecule has 6 nitrogen and oxygen atoms in total. The van der Waals surface area contributed by atoms with E-state index in [2.05, 4.69) is 35.8 Å². The Bertz CT molecular complexity index is 1150. The van der Waals surface area contributed by atoms with Gasteiger partial charge in [-0.05, 0) is 48.4 Å². The molecule has 0 radical (unpaired) electrons. The van der Waals surface area contributed by atoms with Gasteiger partial charge >= 0.3 is 5.95 Å². The molecule has 2 aliphatic heterocycles. The van der Waals surface area contributed by atoms with Gasteiger partial charge in [-0.25, -0.2) is 4.57 Å². The predicted molar refractivity (Wildman–Crippen MR) is 117 cm³/mol. The SMILES string of the molecule is CC1=NN2C(=Nc3n(nc(C)[n+]3Cc3ccc(Cl)cc3)C2c2ccc(C)cc2)S1. The number of fused-ring (bicyclic) bond motifs is 2. The number of benzene rings is 2. The van der Waals surface area contributed by atoms with Gasteiger partial charge < -0.3 is 0 Å². The van der Waals surface area contributed by atoms with Crippen molar-refractivity contribution in [2.75, 3.05) is 0 Å². The van der Waals surface area contributed by atoms with Gasteiger partial charge in [0.25, 0.3) is 5.17 Å². The topological polar surface area (TPSA) is 49.7 Å². The van der Waals surface area contributed by atoms with Crippen molar-refractivity contribution in [3.8, 4) is 0 Å². The largest absolute Gasteiger partial charge is 0.387 e. The van der Waals surface area contributed by atoms with Crippen LogP contribution in [-0.2, 0) is 6.54 Å². The number of hydrazone groups is 1. The van der Waals surface area contributed by atoms with Crippen LogP contribution >= 0.6 is 23.4 Å². The molecule has 3 heterocycles. The zero-order valence-corrected chi connectivity index (χ0v) is 17.9. The van der Waals surface area contributed by atoms with Crippen LogP contribution in [0.1, 0.15) is 35.6 Å². The van der Waals surface area contributed by atoms with Gasteiger partial charge in [0.05, 0.1) is 11.6 Å². The van der Waals surface area contributed by atoms with Crippen LogP contribution in [0.3, 0.4) is 0 Å². The average molecular weight is 424 g/mol. The molecule has 0 N–H and O–H groups in total. The Morgan fingerprint density at radius 2 is 1.76 bits per heavy atom. The second kappa shape index (κ2) is 7.00. The number of nitrogens with zero attached hydrogens (tertiary/aromatic N) is 6. The average Bonchev–Trinajstić information content (AvgIpc) is 3.21. The van der Waals surface area contributed by atoms with E-state index in [0.717, 1.165) is 38.1 Å². The first-order valence-corrected chi connectivity index (χ1v) is 10.6. The molecule has 1 aromatic heterocycles. The summed E-state index contributed by atoms with van der Waals surface area (Å²) in [4.78, 5) is 4.91. The van der Waals surface area contributed by atoms with Crippen LogP contribution in [0.2, 0.25) is 5.02 Å². The normalized spacial score (nSPS) is 17.7. The maximum Gasteiger partial charge on any atom is 0.387 e. The number of aliphatic imine (C=N–C) groups is 1. The fraction of sp³-hybridized carbons (Fsp3) is 0.238. The first kappa shape index (κ1) is 18.4. The highest BCUT2D eigenvalue weighted by atomic mass is 35.5. The Hall–Kier alpha value is -2.64. The lowest BCUT2D eigenvalue weighted by Crippen LogP contribution is -2.40. The Balaban J connectivity index is 1.63. The number of amidine groups is 1. The van der Waals surface area contributed by atoms with Gasteiger partial charge in [-0.1, -0.05) is 63.2 Å². The summed E-state index contributed by atoms with van der Waals surface area (Å²) in [6.07, 6.45) is -0.159. The summed E-state index contributed by atoms with van der Waals surface area (Å²) in [5, 5.41) is 14.1. The van der Waals surface area contributed by atoms with E-state index in [1.807, 2.05) is 47.8 Å². The van der Waals surface area contributed by atoms with Gasteiger partial charge in [-0.15, -0.1) is 0 Å². The van der Waals surface area contributed by atoms with Gasteiger partial charge in [0, 0.05) is 17.5 Å². The molecule has 3 aromatic rings. The summed E-state index contributed by atoms with van der Waals surface area (Å²) >= 11 is 7.64. The van der Waals surface area contributed by atoms with E-state index in [9.17, 15) is 0 Å². The third-order valence-electron chi connectivity index (χ3n) is 5.06. The maximum absolute atomic E-state index is 6.05. The number of thioether (sulfide) groups is 1. The van der Waals surface area contributed by atoms with Crippen molar-refractivity contribution in [2.24, 2.45) is 10.1 Å². The highest BCUT2D eigenvalue weighted by Gasteiger charge is 2.43. The van der Waals surface area contributed by atoms with Crippen molar-refractivity contribution in [1.29, 1.82) is 0 Å². The minimum absolute atomic E-state index is 0.159. The molecule has 2 aliphatic rings. The fourth-order valence-corrected chi connectivity index (χ4v) is 4.47. The van der Waals surface area contributed by atoms with Gasteiger partial charge in [-0.3, -0.25) is 0 Å². The van der Waals surface area contributed by atoms with Gasteiger partial charge in [-0.2, -0.15) is 10.1 Å². The van der Waals surface area contributed by atoms with Crippen molar-refractivity contribution >= 4 is 39.5 Å². The second-order valence-corrected chi connectivity index (χ2v) is 8.85. The molecule has 2 aromatic carbocycles. The van der Waals surface area contributed by atoms with Crippen molar-refractivity contribution in [3.05, 3.63) is 76.1 Å². The van der Waals surface area contributed by atoms with Crippen LogP contribution in [0.4, 0.5) is 5.95 Å². The third-order valence-corrected chi connectivity index (χ3v) is 6.15. The number of halogens is 1. The van der Waals surface area contributed by atoms with E-state index in [0.29, 0.717) is 6.54 Å². The zero-order chi connectivity index (χ0) is 20.1. The molecule has 29 heavy (non-hydrogen) atoms. The number of hydrogen-bond acceptors (Lipinski definition) is 5. The minimum Gasteiger partial charge on any atom is -0.217 e. The lowest BCUT2D eigenvalue weighted by Gasteiger charge is -2.25. The molecule has 146 valence electrons. The predicted octanol–water partition coefficient (Wildman–Crippen LogP) is 4.42. The van der Waals surface area contributed by atoms with E-state index >= 15 is 0 Å². The van der Waals surface area contributed by atoms with Gasteiger partial charge in [0.1, 0.15) is 0 Å². The molecule has 0 aliphatic carbocycles. The van der Waals surface area contributed by atoms with Crippen LogP contribution < -0.4 is 4.57 Å². The highest BCUT2D eigenvalue weighted by molar-refractivity contribution is 8.26. The Morgan fingerprint density at radius 1 is 1.03 bits per heavy atom. The smallest absolute Gasteiger partial charge is 0.217 e. The van der Waals surface area contributed by atoms with Gasteiger partial charge in [0.2, 0.25) is 12.0 Å². The van der Waals surface area contributed by atoms with Crippen molar-refractivity contribution in [2.45, 2.75) is 33.5 Å². The summed E-state index contributed by atoms with van der Waals surface area (Å²) < 4.78 is 4.12.